The average molecular weight is 321 g/mol. The van der Waals surface area contributed by atoms with Gasteiger partial charge >= 0.3 is 0 Å². The number of aromatic nitrogens is 2. The van der Waals surface area contributed by atoms with Crippen molar-refractivity contribution in [2.24, 2.45) is 0 Å². The van der Waals surface area contributed by atoms with Gasteiger partial charge < -0.3 is 14.8 Å². The summed E-state index contributed by atoms with van der Waals surface area (Å²) >= 11 is 0. The van der Waals surface area contributed by atoms with Crippen LogP contribution in [-0.4, -0.2) is 47.8 Å². The van der Waals surface area contributed by atoms with Crippen LogP contribution in [0.4, 0.5) is 0 Å². The van der Waals surface area contributed by atoms with Crippen LogP contribution < -0.4 is 5.32 Å². The Morgan fingerprint density at radius 1 is 1.26 bits per heavy atom. The van der Waals surface area contributed by atoms with Gasteiger partial charge in [-0.1, -0.05) is 0 Å². The van der Waals surface area contributed by atoms with Gasteiger partial charge in [-0.15, -0.1) is 0 Å². The molecule has 0 radical (unpaired) electrons. The number of hydrogen-bond donors (Lipinski definition) is 1. The molecule has 0 saturated carbocycles. The van der Waals surface area contributed by atoms with Gasteiger partial charge in [0.15, 0.2) is 0 Å². The summed E-state index contributed by atoms with van der Waals surface area (Å²) < 4.78 is 13.7. The number of ether oxygens (including phenoxy) is 2. The smallest absolute Gasteiger partial charge is 0.0741 e. The van der Waals surface area contributed by atoms with E-state index in [1.54, 1.807) is 0 Å². The van der Waals surface area contributed by atoms with E-state index in [4.69, 9.17) is 9.47 Å². The van der Waals surface area contributed by atoms with Crippen molar-refractivity contribution in [3.05, 3.63) is 17.0 Å². The molecule has 2 fully saturated rings. The number of aryl methyl sites for hydroxylation is 2. The van der Waals surface area contributed by atoms with Crippen molar-refractivity contribution >= 4 is 0 Å². The van der Waals surface area contributed by atoms with Gasteiger partial charge in [-0.25, -0.2) is 0 Å². The molecule has 2 aliphatic heterocycles. The van der Waals surface area contributed by atoms with E-state index in [0.29, 0.717) is 6.04 Å². The normalized spacial score (nSPS) is 24.2. The molecule has 0 amide bonds. The molecule has 0 aromatic carbocycles. The molecule has 1 aromatic heterocycles. The Balaban J connectivity index is 1.51. The predicted octanol–water partition coefficient (Wildman–Crippen LogP) is 2.38. The van der Waals surface area contributed by atoms with Gasteiger partial charge in [0.25, 0.3) is 0 Å². The van der Waals surface area contributed by atoms with Crippen molar-refractivity contribution < 1.29 is 9.47 Å². The Labute approximate surface area is 139 Å². The summed E-state index contributed by atoms with van der Waals surface area (Å²) in [5, 5.41) is 8.38. The van der Waals surface area contributed by atoms with Crippen molar-refractivity contribution in [1.29, 1.82) is 0 Å². The highest BCUT2D eigenvalue weighted by molar-refractivity contribution is 5.24. The summed E-state index contributed by atoms with van der Waals surface area (Å²) in [6.45, 7) is 11.0. The second-order valence-electron chi connectivity index (χ2n) is 7.00. The van der Waals surface area contributed by atoms with Crippen LogP contribution in [0, 0.1) is 13.8 Å². The third-order valence-corrected chi connectivity index (χ3v) is 5.54. The molecule has 1 spiro atoms. The molecule has 3 heterocycles. The first-order chi connectivity index (χ1) is 11.1. The second kappa shape index (κ2) is 7.32. The van der Waals surface area contributed by atoms with Crippen molar-refractivity contribution in [1.82, 2.24) is 15.1 Å². The molecule has 1 aromatic rings. The minimum Gasteiger partial charge on any atom is -0.381 e. The van der Waals surface area contributed by atoms with Gasteiger partial charge in [0.1, 0.15) is 0 Å². The molecule has 2 saturated heterocycles. The van der Waals surface area contributed by atoms with E-state index in [2.05, 4.69) is 35.9 Å². The van der Waals surface area contributed by atoms with Gasteiger partial charge in [-0.2, -0.15) is 5.10 Å². The van der Waals surface area contributed by atoms with Crippen LogP contribution in [0.5, 0.6) is 0 Å². The van der Waals surface area contributed by atoms with Crippen LogP contribution in [0.15, 0.2) is 0 Å². The first-order valence-corrected chi connectivity index (χ1v) is 9.11. The van der Waals surface area contributed by atoms with Gasteiger partial charge in [0, 0.05) is 38.1 Å². The van der Waals surface area contributed by atoms with Gasteiger partial charge in [-0.3, -0.25) is 4.68 Å². The third kappa shape index (κ3) is 3.78. The summed E-state index contributed by atoms with van der Waals surface area (Å²) in [4.78, 5) is 0. The lowest BCUT2D eigenvalue weighted by Gasteiger charge is -2.43. The summed E-state index contributed by atoms with van der Waals surface area (Å²) in [7, 11) is 0. The average Bonchev–Trinajstić information content (AvgIpc) is 2.83. The Kier molecular flexibility index (Phi) is 5.39. The summed E-state index contributed by atoms with van der Waals surface area (Å²) in [5.41, 5.74) is 3.98. The minimum absolute atomic E-state index is 0.0765. The number of rotatable bonds is 5. The van der Waals surface area contributed by atoms with Crippen LogP contribution in [0.3, 0.4) is 0 Å². The summed E-state index contributed by atoms with van der Waals surface area (Å²) in [6.07, 6.45) is 5.40. The molecular formula is C18H31N3O2. The van der Waals surface area contributed by atoms with Gasteiger partial charge in [-0.05, 0) is 65.0 Å². The maximum atomic E-state index is 6.12. The van der Waals surface area contributed by atoms with Gasteiger partial charge in [0.2, 0.25) is 0 Å². The van der Waals surface area contributed by atoms with Gasteiger partial charge in [0.05, 0.1) is 11.3 Å². The molecule has 2 aliphatic rings. The first kappa shape index (κ1) is 16.9. The first-order valence-electron chi connectivity index (χ1n) is 9.11. The molecule has 3 rings (SSSR count). The highest BCUT2D eigenvalue weighted by atomic mass is 16.5. The molecule has 5 heteroatoms. The highest BCUT2D eigenvalue weighted by Gasteiger charge is 2.38. The lowest BCUT2D eigenvalue weighted by Crippen LogP contribution is -2.50. The molecule has 1 N–H and O–H groups in total. The van der Waals surface area contributed by atoms with E-state index in [9.17, 15) is 0 Å². The largest absolute Gasteiger partial charge is 0.381 e. The quantitative estimate of drug-likeness (QED) is 0.904. The Morgan fingerprint density at radius 2 is 2.04 bits per heavy atom. The lowest BCUT2D eigenvalue weighted by molar-refractivity contribution is -0.140. The number of hydrogen-bond acceptors (Lipinski definition) is 4. The minimum atomic E-state index is 0.0765. The van der Waals surface area contributed by atoms with Crippen LogP contribution in [0.1, 0.15) is 49.6 Å². The second-order valence-corrected chi connectivity index (χ2v) is 7.00. The topological polar surface area (TPSA) is 48.3 Å². The number of nitrogens with zero attached hydrogens (tertiary/aromatic N) is 2. The van der Waals surface area contributed by atoms with Crippen LogP contribution in [0.25, 0.3) is 0 Å². The zero-order chi connectivity index (χ0) is 16.3. The van der Waals surface area contributed by atoms with E-state index in [0.717, 1.165) is 65.0 Å². The maximum absolute atomic E-state index is 6.12. The van der Waals surface area contributed by atoms with E-state index < -0.39 is 0 Å². The third-order valence-electron chi connectivity index (χ3n) is 5.54. The van der Waals surface area contributed by atoms with E-state index >= 15 is 0 Å². The monoisotopic (exact) mass is 321 g/mol. The fourth-order valence-corrected chi connectivity index (χ4v) is 4.10. The molecule has 0 bridgehead atoms. The van der Waals surface area contributed by atoms with Crippen LogP contribution in [-0.2, 0) is 22.4 Å². The molecule has 0 aliphatic carbocycles. The predicted molar refractivity (Wildman–Crippen MR) is 90.8 cm³/mol. The molecule has 5 nitrogen and oxygen atoms in total. The molecule has 130 valence electrons. The van der Waals surface area contributed by atoms with Crippen molar-refractivity contribution in [3.63, 3.8) is 0 Å². The van der Waals surface area contributed by atoms with Crippen molar-refractivity contribution in [2.75, 3.05) is 26.4 Å². The van der Waals surface area contributed by atoms with Crippen molar-refractivity contribution in [3.8, 4) is 0 Å². The van der Waals surface area contributed by atoms with E-state index in [1.165, 1.54) is 17.0 Å². The highest BCUT2D eigenvalue weighted by Crippen LogP contribution is 2.34. The molecule has 23 heavy (non-hydrogen) atoms. The SMILES string of the molecule is CCn1nc(C)c(CCN[C@@H]2CCOC3(CCOCC3)C2)c1C. The zero-order valence-corrected chi connectivity index (χ0v) is 14.9. The summed E-state index contributed by atoms with van der Waals surface area (Å²) in [5.74, 6) is 0. The maximum Gasteiger partial charge on any atom is 0.0741 e. The van der Waals surface area contributed by atoms with E-state index in [1.807, 2.05) is 0 Å². The Hall–Kier alpha value is -0.910. The molecule has 1 atom stereocenters. The number of nitrogens with one attached hydrogen (secondary N) is 1. The zero-order valence-electron chi connectivity index (χ0n) is 14.9. The van der Waals surface area contributed by atoms with Crippen LogP contribution in [0.2, 0.25) is 0 Å². The Bertz CT molecular complexity index is 515. The fourth-order valence-electron chi connectivity index (χ4n) is 4.10. The Morgan fingerprint density at radius 3 is 2.74 bits per heavy atom. The van der Waals surface area contributed by atoms with Crippen LogP contribution >= 0.6 is 0 Å². The molecule has 0 unspecified atom stereocenters. The van der Waals surface area contributed by atoms with Crippen molar-refractivity contribution in [2.45, 2.75) is 71.1 Å². The standard InChI is InChI=1S/C18H31N3O2/c1-4-21-15(3)17(14(2)20-21)5-9-19-16-6-10-23-18(13-16)7-11-22-12-8-18/h16,19H,4-13H2,1-3H3/t16-/m1/s1. The molecular weight excluding hydrogens is 290 g/mol. The fraction of sp³-hybridized carbons (Fsp3) is 0.833. The lowest BCUT2D eigenvalue weighted by atomic mass is 9.84. The summed E-state index contributed by atoms with van der Waals surface area (Å²) in [6, 6.07) is 0.573. The van der Waals surface area contributed by atoms with E-state index in [-0.39, 0.29) is 5.60 Å².